The Morgan fingerprint density at radius 3 is 2.82 bits per heavy atom. The second-order valence-electron chi connectivity index (χ2n) is 3.46. The van der Waals surface area contributed by atoms with Gasteiger partial charge in [-0.15, -0.1) is 0 Å². The Kier molecular flexibility index (Phi) is 3.63. The molecular weight excluding hydrogens is 302 g/mol. The van der Waals surface area contributed by atoms with Gasteiger partial charge in [-0.05, 0) is 46.7 Å². The summed E-state index contributed by atoms with van der Waals surface area (Å²) in [5, 5.41) is 5.87. The van der Waals surface area contributed by atoms with E-state index in [0.29, 0.717) is 5.56 Å². The molecule has 88 valence electrons. The van der Waals surface area contributed by atoms with Gasteiger partial charge in [0.05, 0.1) is 11.3 Å². The molecule has 2 aromatic rings. The predicted molar refractivity (Wildman–Crippen MR) is 69.4 cm³/mol. The van der Waals surface area contributed by atoms with Crippen molar-refractivity contribution in [2.75, 3.05) is 0 Å². The van der Waals surface area contributed by atoms with E-state index in [1.165, 1.54) is 11.8 Å². The number of aldehydes is 1. The minimum atomic E-state index is 0.627. The number of halogens is 1. The number of carbonyl (C=O) groups is 1. The molecule has 0 aliphatic carbocycles. The highest BCUT2D eigenvalue weighted by molar-refractivity contribution is 9.10. The molecule has 2 aromatic heterocycles. The molecule has 0 spiro atoms. The third-order valence-electron chi connectivity index (χ3n) is 2.23. The van der Waals surface area contributed by atoms with Crippen molar-refractivity contribution in [2.24, 2.45) is 7.05 Å². The fourth-order valence-electron chi connectivity index (χ4n) is 1.43. The summed E-state index contributed by atoms with van der Waals surface area (Å²) in [6.07, 6.45) is 2.57. The van der Waals surface area contributed by atoms with E-state index >= 15 is 0 Å². The Balaban J connectivity index is 2.35. The van der Waals surface area contributed by atoms with E-state index in [0.717, 1.165) is 26.5 Å². The van der Waals surface area contributed by atoms with Crippen LogP contribution in [0.25, 0.3) is 0 Å². The van der Waals surface area contributed by atoms with Crippen molar-refractivity contribution in [3.63, 3.8) is 0 Å². The maximum Gasteiger partial charge on any atom is 0.154 e. The summed E-state index contributed by atoms with van der Waals surface area (Å²) in [7, 11) is 1.82. The fraction of sp³-hybridized carbons (Fsp3) is 0.182. The van der Waals surface area contributed by atoms with Crippen LogP contribution in [0, 0.1) is 6.92 Å². The van der Waals surface area contributed by atoms with Crippen LogP contribution >= 0.6 is 27.7 Å². The number of hydrogen-bond acceptors (Lipinski definition) is 4. The quantitative estimate of drug-likeness (QED) is 0.818. The number of hydrogen-bond donors (Lipinski definition) is 0. The van der Waals surface area contributed by atoms with Crippen molar-refractivity contribution in [1.29, 1.82) is 0 Å². The molecule has 0 unspecified atom stereocenters. The maximum absolute atomic E-state index is 11.0. The van der Waals surface area contributed by atoms with Crippen LogP contribution in [0.3, 0.4) is 0 Å². The first-order chi connectivity index (χ1) is 8.11. The predicted octanol–water partition coefficient (Wildman–Crippen LogP) is 2.85. The molecule has 2 heterocycles. The van der Waals surface area contributed by atoms with Crippen LogP contribution in [-0.4, -0.2) is 21.1 Å². The zero-order valence-electron chi connectivity index (χ0n) is 9.35. The zero-order chi connectivity index (χ0) is 12.4. The minimum absolute atomic E-state index is 0.627. The number of nitrogens with zero attached hydrogens (tertiary/aromatic N) is 3. The Bertz CT molecular complexity index is 551. The Morgan fingerprint density at radius 2 is 2.24 bits per heavy atom. The Labute approximate surface area is 112 Å². The highest BCUT2D eigenvalue weighted by atomic mass is 79.9. The fourth-order valence-corrected chi connectivity index (χ4v) is 2.58. The summed E-state index contributed by atoms with van der Waals surface area (Å²) < 4.78 is 2.63. The number of rotatable bonds is 3. The van der Waals surface area contributed by atoms with E-state index in [9.17, 15) is 4.79 Å². The summed E-state index contributed by atoms with van der Waals surface area (Å²) >= 11 is 4.76. The van der Waals surface area contributed by atoms with Gasteiger partial charge in [-0.25, -0.2) is 4.98 Å². The topological polar surface area (TPSA) is 47.8 Å². The van der Waals surface area contributed by atoms with Crippen LogP contribution in [0.15, 0.2) is 32.9 Å². The van der Waals surface area contributed by atoms with Gasteiger partial charge in [-0.3, -0.25) is 9.48 Å². The van der Waals surface area contributed by atoms with E-state index < -0.39 is 0 Å². The van der Waals surface area contributed by atoms with Gasteiger partial charge in [0.15, 0.2) is 6.29 Å². The number of aromatic nitrogens is 3. The van der Waals surface area contributed by atoms with Gasteiger partial charge in [-0.1, -0.05) is 0 Å². The van der Waals surface area contributed by atoms with Gasteiger partial charge in [0, 0.05) is 17.7 Å². The molecular formula is C11H10BrN3OS. The lowest BCUT2D eigenvalue weighted by atomic mass is 10.3. The molecule has 2 rings (SSSR count). The molecule has 0 N–H and O–H groups in total. The second kappa shape index (κ2) is 5.01. The lowest BCUT2D eigenvalue weighted by Gasteiger charge is -2.02. The van der Waals surface area contributed by atoms with Crippen molar-refractivity contribution in [3.05, 3.63) is 34.1 Å². The molecule has 4 nitrogen and oxygen atoms in total. The van der Waals surface area contributed by atoms with Crippen LogP contribution in [-0.2, 0) is 7.05 Å². The molecule has 0 aromatic carbocycles. The highest BCUT2D eigenvalue weighted by Crippen LogP contribution is 2.29. The van der Waals surface area contributed by atoms with Crippen LogP contribution in [0.5, 0.6) is 0 Å². The molecule has 6 heteroatoms. The van der Waals surface area contributed by atoms with Gasteiger partial charge in [0.2, 0.25) is 0 Å². The monoisotopic (exact) mass is 311 g/mol. The summed E-state index contributed by atoms with van der Waals surface area (Å²) in [6.45, 7) is 1.82. The molecule has 0 fully saturated rings. The van der Waals surface area contributed by atoms with E-state index in [-0.39, 0.29) is 0 Å². The largest absolute Gasteiger partial charge is 0.298 e. The SMILES string of the molecule is Cc1nn(C)c(Sc2ccc(Br)cn2)c1C=O. The van der Waals surface area contributed by atoms with Crippen LogP contribution in [0.2, 0.25) is 0 Å². The first-order valence-electron chi connectivity index (χ1n) is 4.90. The van der Waals surface area contributed by atoms with Crippen LogP contribution in [0.1, 0.15) is 16.1 Å². The lowest BCUT2D eigenvalue weighted by molar-refractivity contribution is 0.112. The third-order valence-corrected chi connectivity index (χ3v) is 3.83. The number of aryl methyl sites for hydroxylation is 2. The van der Waals surface area contributed by atoms with Crippen molar-refractivity contribution >= 4 is 34.0 Å². The zero-order valence-corrected chi connectivity index (χ0v) is 11.7. The Hall–Kier alpha value is -1.14. The van der Waals surface area contributed by atoms with Crippen molar-refractivity contribution in [1.82, 2.24) is 14.8 Å². The van der Waals surface area contributed by atoms with E-state index in [2.05, 4.69) is 26.0 Å². The van der Waals surface area contributed by atoms with Crippen molar-refractivity contribution in [3.8, 4) is 0 Å². The standard InChI is InChI=1S/C11H10BrN3OS/c1-7-9(6-16)11(15(2)14-7)17-10-4-3-8(12)5-13-10/h3-6H,1-2H3. The molecule has 0 amide bonds. The van der Waals surface area contributed by atoms with Gasteiger partial charge in [0.1, 0.15) is 10.1 Å². The van der Waals surface area contributed by atoms with Crippen LogP contribution in [0.4, 0.5) is 0 Å². The molecule has 0 bridgehead atoms. The summed E-state index contributed by atoms with van der Waals surface area (Å²) in [6, 6.07) is 3.81. The van der Waals surface area contributed by atoms with E-state index in [4.69, 9.17) is 0 Å². The average Bonchev–Trinajstić information content (AvgIpc) is 2.57. The molecule has 0 radical (unpaired) electrons. The average molecular weight is 312 g/mol. The van der Waals surface area contributed by atoms with Gasteiger partial charge < -0.3 is 0 Å². The van der Waals surface area contributed by atoms with E-state index in [1.807, 2.05) is 26.1 Å². The number of carbonyl (C=O) groups excluding carboxylic acids is 1. The smallest absolute Gasteiger partial charge is 0.154 e. The molecule has 17 heavy (non-hydrogen) atoms. The summed E-state index contributed by atoms with van der Waals surface area (Å²) in [5.41, 5.74) is 1.37. The van der Waals surface area contributed by atoms with Crippen molar-refractivity contribution < 1.29 is 4.79 Å². The molecule has 0 aliphatic heterocycles. The van der Waals surface area contributed by atoms with E-state index in [1.54, 1.807) is 10.9 Å². The van der Waals surface area contributed by atoms with Gasteiger partial charge in [-0.2, -0.15) is 5.10 Å². The number of pyridine rings is 1. The summed E-state index contributed by atoms with van der Waals surface area (Å²) in [5.74, 6) is 0. The molecule has 0 aliphatic rings. The Morgan fingerprint density at radius 1 is 1.47 bits per heavy atom. The minimum Gasteiger partial charge on any atom is -0.298 e. The second-order valence-corrected chi connectivity index (χ2v) is 5.39. The third kappa shape index (κ3) is 2.58. The molecule has 0 saturated heterocycles. The normalized spacial score (nSPS) is 10.5. The first-order valence-corrected chi connectivity index (χ1v) is 6.51. The molecule has 0 atom stereocenters. The first kappa shape index (κ1) is 12.3. The van der Waals surface area contributed by atoms with Gasteiger partial charge >= 0.3 is 0 Å². The lowest BCUT2D eigenvalue weighted by Crippen LogP contribution is -1.94. The molecule has 0 saturated carbocycles. The maximum atomic E-state index is 11.0. The highest BCUT2D eigenvalue weighted by Gasteiger charge is 2.14. The summed E-state index contributed by atoms with van der Waals surface area (Å²) in [4.78, 5) is 15.3. The van der Waals surface area contributed by atoms with Crippen molar-refractivity contribution in [2.45, 2.75) is 17.0 Å². The van der Waals surface area contributed by atoms with Crippen LogP contribution < -0.4 is 0 Å². The van der Waals surface area contributed by atoms with Gasteiger partial charge in [0.25, 0.3) is 0 Å².